The van der Waals surface area contributed by atoms with Crippen molar-refractivity contribution in [2.45, 2.75) is 62.5 Å². The van der Waals surface area contributed by atoms with Crippen LogP contribution in [0.2, 0.25) is 0 Å². The first-order chi connectivity index (χ1) is 15.3. The number of carbonyl (C=O) groups is 1. The van der Waals surface area contributed by atoms with E-state index >= 15 is 0 Å². The first kappa shape index (κ1) is 21.6. The number of fused-ring (bicyclic) bond motifs is 3. The Bertz CT molecular complexity index is 1030. The fourth-order valence-corrected chi connectivity index (χ4v) is 6.44. The van der Waals surface area contributed by atoms with Gasteiger partial charge in [-0.25, -0.2) is 9.18 Å². The summed E-state index contributed by atoms with van der Waals surface area (Å²) >= 11 is 1.93. The third-order valence-corrected chi connectivity index (χ3v) is 7.69. The molecule has 0 aromatic heterocycles. The van der Waals surface area contributed by atoms with Crippen LogP contribution in [0.5, 0.6) is 0 Å². The number of thioether (sulfide) groups is 1. The van der Waals surface area contributed by atoms with Crippen molar-refractivity contribution < 1.29 is 13.9 Å². The van der Waals surface area contributed by atoms with E-state index in [-0.39, 0.29) is 17.8 Å². The molecular formula is C26H31FN2O2S. The van der Waals surface area contributed by atoms with Gasteiger partial charge < -0.3 is 14.5 Å². The van der Waals surface area contributed by atoms with Gasteiger partial charge in [0, 0.05) is 36.5 Å². The first-order valence-corrected chi connectivity index (χ1v) is 12.6. The Labute approximate surface area is 194 Å². The number of nitrogens with zero attached hydrogens (tertiary/aromatic N) is 2. The maximum Gasteiger partial charge on any atom is 0.410 e. The molecule has 0 radical (unpaired) electrons. The summed E-state index contributed by atoms with van der Waals surface area (Å²) in [6, 6.07) is 11.9. The molecule has 2 aromatic rings. The Balaban J connectivity index is 1.47. The summed E-state index contributed by atoms with van der Waals surface area (Å²) < 4.78 is 19.4. The Morgan fingerprint density at radius 3 is 2.81 bits per heavy atom. The Morgan fingerprint density at radius 1 is 1.19 bits per heavy atom. The van der Waals surface area contributed by atoms with Gasteiger partial charge in [-0.05, 0) is 80.7 Å². The summed E-state index contributed by atoms with van der Waals surface area (Å²) in [7, 11) is 0. The van der Waals surface area contributed by atoms with Crippen molar-refractivity contribution in [2.24, 2.45) is 0 Å². The molecule has 0 aliphatic carbocycles. The largest absolute Gasteiger partial charge is 0.444 e. The molecule has 32 heavy (non-hydrogen) atoms. The molecule has 1 amide bonds. The topological polar surface area (TPSA) is 32.8 Å². The average Bonchev–Trinajstić information content (AvgIpc) is 2.87. The fraction of sp³-hybridized carbons (Fsp3) is 0.500. The Morgan fingerprint density at radius 2 is 2.03 bits per heavy atom. The number of anilines is 1. The lowest BCUT2D eigenvalue weighted by Gasteiger charge is -2.39. The number of likely N-dealkylation sites (tertiary alicyclic amines) is 1. The monoisotopic (exact) mass is 454 g/mol. The molecule has 3 heterocycles. The van der Waals surface area contributed by atoms with E-state index in [0.717, 1.165) is 37.2 Å². The quantitative estimate of drug-likeness (QED) is 0.572. The summed E-state index contributed by atoms with van der Waals surface area (Å²) in [6.07, 6.45) is 2.62. The molecule has 2 atom stereocenters. The molecule has 1 saturated heterocycles. The van der Waals surface area contributed by atoms with Gasteiger partial charge in [0.15, 0.2) is 0 Å². The lowest BCUT2D eigenvalue weighted by Crippen LogP contribution is -2.49. The van der Waals surface area contributed by atoms with Crippen LogP contribution in [-0.4, -0.2) is 48.0 Å². The van der Waals surface area contributed by atoms with Crippen molar-refractivity contribution in [3.05, 3.63) is 58.9 Å². The van der Waals surface area contributed by atoms with Crippen LogP contribution in [0.25, 0.3) is 0 Å². The van der Waals surface area contributed by atoms with Gasteiger partial charge in [0.05, 0.1) is 5.69 Å². The minimum Gasteiger partial charge on any atom is -0.444 e. The Hall–Kier alpha value is -2.21. The summed E-state index contributed by atoms with van der Waals surface area (Å²) in [5, 5.41) is 0. The third-order valence-electron chi connectivity index (χ3n) is 6.58. The smallest absolute Gasteiger partial charge is 0.410 e. The van der Waals surface area contributed by atoms with Crippen LogP contribution in [-0.2, 0) is 11.2 Å². The number of hydrogen-bond acceptors (Lipinski definition) is 4. The van der Waals surface area contributed by atoms with Crippen LogP contribution in [0.1, 0.15) is 56.2 Å². The van der Waals surface area contributed by atoms with Gasteiger partial charge in [0.1, 0.15) is 11.4 Å². The molecule has 0 saturated carbocycles. The van der Waals surface area contributed by atoms with E-state index in [2.05, 4.69) is 17.0 Å². The number of hydrogen-bond donors (Lipinski definition) is 0. The molecule has 6 heteroatoms. The molecule has 3 aliphatic rings. The highest BCUT2D eigenvalue weighted by Crippen LogP contribution is 2.51. The third kappa shape index (κ3) is 4.21. The number of halogens is 1. The molecule has 170 valence electrons. The average molecular weight is 455 g/mol. The van der Waals surface area contributed by atoms with E-state index in [1.165, 1.54) is 27.8 Å². The molecular weight excluding hydrogens is 423 g/mol. The molecule has 0 spiro atoms. The molecule has 1 fully saturated rings. The number of piperidine rings is 1. The van der Waals surface area contributed by atoms with E-state index in [9.17, 15) is 9.18 Å². The molecule has 0 unspecified atom stereocenters. The lowest BCUT2D eigenvalue weighted by molar-refractivity contribution is 0.0189. The van der Waals surface area contributed by atoms with Crippen LogP contribution >= 0.6 is 11.8 Å². The highest BCUT2D eigenvalue weighted by Gasteiger charge is 2.45. The zero-order chi connectivity index (χ0) is 22.5. The van der Waals surface area contributed by atoms with E-state index in [1.54, 1.807) is 12.1 Å². The van der Waals surface area contributed by atoms with Crippen LogP contribution in [0, 0.1) is 5.82 Å². The van der Waals surface area contributed by atoms with E-state index < -0.39 is 5.60 Å². The van der Waals surface area contributed by atoms with E-state index in [1.807, 2.05) is 43.5 Å². The van der Waals surface area contributed by atoms with Gasteiger partial charge in [0.2, 0.25) is 0 Å². The summed E-state index contributed by atoms with van der Waals surface area (Å²) in [5.74, 6) is 1.22. The maximum atomic E-state index is 13.7. The van der Waals surface area contributed by atoms with Crippen molar-refractivity contribution >= 4 is 23.5 Å². The normalized spacial score (nSPS) is 22.2. The molecule has 5 rings (SSSR count). The van der Waals surface area contributed by atoms with Crippen molar-refractivity contribution in [1.29, 1.82) is 0 Å². The maximum absolute atomic E-state index is 13.7. The van der Waals surface area contributed by atoms with Crippen molar-refractivity contribution in [3.8, 4) is 0 Å². The van der Waals surface area contributed by atoms with E-state index in [0.29, 0.717) is 19.0 Å². The molecule has 2 aromatic carbocycles. The van der Waals surface area contributed by atoms with Gasteiger partial charge in [0.25, 0.3) is 0 Å². The van der Waals surface area contributed by atoms with Crippen molar-refractivity contribution in [3.63, 3.8) is 0 Å². The summed E-state index contributed by atoms with van der Waals surface area (Å²) in [6.45, 7) is 8.25. The van der Waals surface area contributed by atoms with Crippen LogP contribution < -0.4 is 4.90 Å². The number of rotatable bonds is 2. The van der Waals surface area contributed by atoms with Gasteiger partial charge in [-0.1, -0.05) is 18.2 Å². The van der Waals surface area contributed by atoms with Crippen LogP contribution in [0.4, 0.5) is 14.9 Å². The SMILES string of the molecule is CC(C)(C)OC(=O)N1CC[C@H]2[C@@H](C1)c1cc(Cc3cccc(F)c3)cc3c1N2CCCS3. The first-order valence-electron chi connectivity index (χ1n) is 11.6. The summed E-state index contributed by atoms with van der Waals surface area (Å²) in [4.78, 5) is 18.6. The fourth-order valence-electron chi connectivity index (χ4n) is 5.34. The van der Waals surface area contributed by atoms with Gasteiger partial charge in [-0.2, -0.15) is 0 Å². The number of benzene rings is 2. The van der Waals surface area contributed by atoms with Gasteiger partial charge >= 0.3 is 6.09 Å². The minimum absolute atomic E-state index is 0.192. The Kier molecular flexibility index (Phi) is 5.60. The molecule has 4 nitrogen and oxygen atoms in total. The van der Waals surface area contributed by atoms with Gasteiger partial charge in [-0.15, -0.1) is 11.8 Å². The minimum atomic E-state index is -0.490. The lowest BCUT2D eigenvalue weighted by atomic mass is 9.88. The predicted molar refractivity (Wildman–Crippen MR) is 127 cm³/mol. The molecule has 0 N–H and O–H groups in total. The molecule has 3 aliphatic heterocycles. The number of carbonyl (C=O) groups excluding carboxylic acids is 1. The highest BCUT2D eigenvalue weighted by atomic mass is 32.2. The summed E-state index contributed by atoms with van der Waals surface area (Å²) in [5.41, 5.74) is 4.43. The number of ether oxygens (including phenoxy) is 1. The van der Waals surface area contributed by atoms with Crippen LogP contribution in [0.3, 0.4) is 0 Å². The van der Waals surface area contributed by atoms with Gasteiger partial charge in [-0.3, -0.25) is 0 Å². The zero-order valence-corrected chi connectivity index (χ0v) is 19.9. The van der Waals surface area contributed by atoms with Crippen molar-refractivity contribution in [2.75, 3.05) is 30.3 Å². The highest BCUT2D eigenvalue weighted by molar-refractivity contribution is 7.99. The van der Waals surface area contributed by atoms with Crippen molar-refractivity contribution in [1.82, 2.24) is 4.90 Å². The second kappa shape index (κ2) is 8.29. The predicted octanol–water partition coefficient (Wildman–Crippen LogP) is 5.83. The standard InChI is InChI=1S/C26H31FN2O2S/c1-26(2,3)31-25(30)28-10-8-22-21(16-28)20-14-18(12-17-6-4-7-19(27)13-17)15-23-24(20)29(22)9-5-11-32-23/h4,6-7,13-15,21-22H,5,8-12,16H2,1-3H3/t21-,22-/m0/s1. The van der Waals surface area contributed by atoms with Crippen LogP contribution in [0.15, 0.2) is 41.3 Å². The van der Waals surface area contributed by atoms with E-state index in [4.69, 9.17) is 4.74 Å². The zero-order valence-electron chi connectivity index (χ0n) is 19.1. The number of amides is 1. The second-order valence-electron chi connectivity index (χ2n) is 10.1. The molecule has 0 bridgehead atoms. The second-order valence-corrected chi connectivity index (χ2v) is 11.3.